The van der Waals surface area contributed by atoms with Gasteiger partial charge in [0.25, 0.3) is 0 Å². The van der Waals surface area contributed by atoms with Gasteiger partial charge >= 0.3 is 0 Å². The van der Waals surface area contributed by atoms with Crippen LogP contribution in [0.2, 0.25) is 0 Å². The lowest BCUT2D eigenvalue weighted by Crippen LogP contribution is -1.97. The first-order valence-corrected chi connectivity index (χ1v) is 4.99. The van der Waals surface area contributed by atoms with Crippen molar-refractivity contribution >= 4 is 0 Å². The summed E-state index contributed by atoms with van der Waals surface area (Å²) < 4.78 is 0. The van der Waals surface area contributed by atoms with Crippen molar-refractivity contribution in [2.24, 2.45) is 0 Å². The SMILES string of the molecule is Cc1cc(C#N)nc(C#N)c1-c1ccccn1. The largest absolute Gasteiger partial charge is 0.256 e. The second-order valence-corrected chi connectivity index (χ2v) is 3.49. The predicted octanol–water partition coefficient (Wildman–Crippen LogP) is 2.20. The van der Waals surface area contributed by atoms with Crippen molar-refractivity contribution in [1.29, 1.82) is 10.5 Å². The quantitative estimate of drug-likeness (QED) is 0.738. The highest BCUT2D eigenvalue weighted by molar-refractivity contribution is 5.69. The highest BCUT2D eigenvalue weighted by Gasteiger charge is 2.12. The van der Waals surface area contributed by atoms with E-state index in [2.05, 4.69) is 9.97 Å². The summed E-state index contributed by atoms with van der Waals surface area (Å²) in [6.07, 6.45) is 1.66. The minimum absolute atomic E-state index is 0.236. The van der Waals surface area contributed by atoms with E-state index in [9.17, 15) is 0 Å². The van der Waals surface area contributed by atoms with Crippen LogP contribution in [0.25, 0.3) is 11.3 Å². The molecule has 0 saturated carbocycles. The molecule has 2 heterocycles. The number of pyridine rings is 2. The van der Waals surface area contributed by atoms with Gasteiger partial charge in [-0.2, -0.15) is 10.5 Å². The third kappa shape index (κ3) is 1.97. The van der Waals surface area contributed by atoms with Gasteiger partial charge in [-0.25, -0.2) is 4.98 Å². The van der Waals surface area contributed by atoms with E-state index in [-0.39, 0.29) is 11.4 Å². The average Bonchev–Trinajstić information content (AvgIpc) is 2.38. The number of hydrogen-bond acceptors (Lipinski definition) is 4. The molecule has 0 amide bonds. The zero-order chi connectivity index (χ0) is 12.3. The maximum atomic E-state index is 9.07. The molecule has 0 fully saturated rings. The summed E-state index contributed by atoms with van der Waals surface area (Å²) in [5.41, 5.74) is 2.69. The fourth-order valence-electron chi connectivity index (χ4n) is 1.64. The second-order valence-electron chi connectivity index (χ2n) is 3.49. The average molecular weight is 220 g/mol. The Labute approximate surface area is 98.8 Å². The van der Waals surface area contributed by atoms with Crippen LogP contribution < -0.4 is 0 Å². The molecular weight excluding hydrogens is 212 g/mol. The van der Waals surface area contributed by atoms with Gasteiger partial charge in [0.1, 0.15) is 17.8 Å². The first kappa shape index (κ1) is 10.8. The molecule has 0 N–H and O–H groups in total. The summed E-state index contributed by atoms with van der Waals surface area (Å²) in [5.74, 6) is 0. The molecule has 2 aromatic rings. The van der Waals surface area contributed by atoms with E-state index in [1.807, 2.05) is 37.3 Å². The Morgan fingerprint density at radius 3 is 2.59 bits per heavy atom. The molecule has 0 aromatic carbocycles. The Morgan fingerprint density at radius 1 is 1.18 bits per heavy atom. The molecule has 0 bridgehead atoms. The minimum Gasteiger partial charge on any atom is -0.256 e. The lowest BCUT2D eigenvalue weighted by molar-refractivity contribution is 1.18. The minimum atomic E-state index is 0.236. The molecule has 0 radical (unpaired) electrons. The standard InChI is InChI=1S/C13H8N4/c1-9-6-10(7-14)17-12(8-15)13(9)11-4-2-3-5-16-11/h2-6H,1H3. The van der Waals surface area contributed by atoms with Crippen LogP contribution in [-0.4, -0.2) is 9.97 Å². The van der Waals surface area contributed by atoms with Gasteiger partial charge in [0.15, 0.2) is 5.69 Å². The van der Waals surface area contributed by atoms with Gasteiger partial charge in [0, 0.05) is 11.8 Å². The molecule has 0 unspecified atom stereocenters. The van der Waals surface area contributed by atoms with Crippen LogP contribution in [-0.2, 0) is 0 Å². The highest BCUT2D eigenvalue weighted by Crippen LogP contribution is 2.24. The lowest BCUT2D eigenvalue weighted by Gasteiger charge is -2.06. The maximum Gasteiger partial charge on any atom is 0.151 e. The van der Waals surface area contributed by atoms with Gasteiger partial charge in [0.2, 0.25) is 0 Å². The van der Waals surface area contributed by atoms with Gasteiger partial charge in [-0.1, -0.05) is 6.07 Å². The first-order valence-electron chi connectivity index (χ1n) is 4.99. The molecule has 0 aliphatic rings. The van der Waals surface area contributed by atoms with Crippen LogP contribution in [0.15, 0.2) is 30.5 Å². The summed E-state index contributed by atoms with van der Waals surface area (Å²) in [7, 11) is 0. The van der Waals surface area contributed by atoms with Gasteiger partial charge in [0.05, 0.1) is 5.69 Å². The summed E-state index contributed by atoms with van der Waals surface area (Å²) in [6, 6.07) is 11.1. The van der Waals surface area contributed by atoms with E-state index in [1.165, 1.54) is 0 Å². The first-order chi connectivity index (χ1) is 8.26. The zero-order valence-electron chi connectivity index (χ0n) is 9.18. The zero-order valence-corrected chi connectivity index (χ0v) is 9.18. The molecule has 4 heteroatoms. The van der Waals surface area contributed by atoms with Gasteiger partial charge in [-0.3, -0.25) is 4.98 Å². The summed E-state index contributed by atoms with van der Waals surface area (Å²) in [5, 5.41) is 17.9. The molecule has 4 nitrogen and oxygen atoms in total. The van der Waals surface area contributed by atoms with E-state index in [4.69, 9.17) is 10.5 Å². The van der Waals surface area contributed by atoms with Crippen molar-refractivity contribution in [3.8, 4) is 23.4 Å². The highest BCUT2D eigenvalue weighted by atomic mass is 14.7. The van der Waals surface area contributed by atoms with Crippen LogP contribution in [0.4, 0.5) is 0 Å². The Bertz CT molecular complexity index is 633. The van der Waals surface area contributed by atoms with Crippen molar-refractivity contribution in [2.45, 2.75) is 6.92 Å². The van der Waals surface area contributed by atoms with Crippen molar-refractivity contribution < 1.29 is 0 Å². The number of aromatic nitrogens is 2. The Balaban J connectivity index is 2.72. The van der Waals surface area contributed by atoms with E-state index >= 15 is 0 Å². The topological polar surface area (TPSA) is 73.4 Å². The molecule has 17 heavy (non-hydrogen) atoms. The molecule has 0 atom stereocenters. The Kier molecular flexibility index (Phi) is 2.81. The van der Waals surface area contributed by atoms with Crippen LogP contribution in [0, 0.1) is 29.6 Å². The third-order valence-electron chi connectivity index (χ3n) is 2.36. The van der Waals surface area contributed by atoms with Crippen LogP contribution >= 0.6 is 0 Å². The van der Waals surface area contributed by atoms with Gasteiger partial charge in [-0.05, 0) is 30.7 Å². The monoisotopic (exact) mass is 220 g/mol. The molecule has 2 aromatic heterocycles. The van der Waals surface area contributed by atoms with E-state index in [1.54, 1.807) is 12.3 Å². The summed E-state index contributed by atoms with van der Waals surface area (Å²) in [4.78, 5) is 8.18. The maximum absolute atomic E-state index is 9.07. The lowest BCUT2D eigenvalue weighted by atomic mass is 10.0. The van der Waals surface area contributed by atoms with E-state index < -0.39 is 0 Å². The van der Waals surface area contributed by atoms with Crippen LogP contribution in [0.5, 0.6) is 0 Å². The normalized spacial score (nSPS) is 9.35. The predicted molar refractivity (Wildman–Crippen MR) is 61.6 cm³/mol. The number of aryl methyl sites for hydroxylation is 1. The molecular formula is C13H8N4. The van der Waals surface area contributed by atoms with E-state index in [0.29, 0.717) is 11.3 Å². The number of nitriles is 2. The molecule has 0 aliphatic heterocycles. The number of nitrogens with zero attached hydrogens (tertiary/aromatic N) is 4. The molecule has 0 aliphatic carbocycles. The molecule has 0 spiro atoms. The van der Waals surface area contributed by atoms with Crippen molar-refractivity contribution in [3.05, 3.63) is 47.4 Å². The Morgan fingerprint density at radius 2 is 2.00 bits per heavy atom. The van der Waals surface area contributed by atoms with Crippen molar-refractivity contribution in [3.63, 3.8) is 0 Å². The van der Waals surface area contributed by atoms with Crippen LogP contribution in [0.1, 0.15) is 17.0 Å². The van der Waals surface area contributed by atoms with Crippen molar-refractivity contribution in [2.75, 3.05) is 0 Å². The smallest absolute Gasteiger partial charge is 0.151 e. The summed E-state index contributed by atoms with van der Waals surface area (Å²) in [6.45, 7) is 1.84. The molecule has 2 rings (SSSR count). The van der Waals surface area contributed by atoms with E-state index in [0.717, 1.165) is 5.56 Å². The summed E-state index contributed by atoms with van der Waals surface area (Å²) >= 11 is 0. The van der Waals surface area contributed by atoms with Gasteiger partial charge < -0.3 is 0 Å². The Hall–Kier alpha value is -2.72. The number of hydrogen-bond donors (Lipinski definition) is 0. The van der Waals surface area contributed by atoms with Crippen LogP contribution in [0.3, 0.4) is 0 Å². The van der Waals surface area contributed by atoms with Crippen molar-refractivity contribution in [1.82, 2.24) is 9.97 Å². The molecule has 80 valence electrons. The third-order valence-corrected chi connectivity index (χ3v) is 2.36. The fraction of sp³-hybridized carbons (Fsp3) is 0.0769. The molecule has 0 saturated heterocycles. The second kappa shape index (κ2) is 4.42. The fourth-order valence-corrected chi connectivity index (χ4v) is 1.64. The van der Waals surface area contributed by atoms with Gasteiger partial charge in [-0.15, -0.1) is 0 Å². The number of rotatable bonds is 1.